The third-order valence-electron chi connectivity index (χ3n) is 4.09. The highest BCUT2D eigenvalue weighted by atomic mass is 31.1. The maximum Gasteiger partial charge on any atom is 0.327 e. The molecule has 0 unspecified atom stereocenters. The van der Waals surface area contributed by atoms with Crippen molar-refractivity contribution < 1.29 is 13.8 Å². The highest BCUT2D eigenvalue weighted by molar-refractivity contribution is 7.17. The number of unbranched alkanes of at least 4 members (excludes halogenated alkanes) is 13. The van der Waals surface area contributed by atoms with E-state index in [1.54, 1.807) is 0 Å². The summed E-state index contributed by atoms with van der Waals surface area (Å²) in [6.07, 6.45) is 18.4. The van der Waals surface area contributed by atoms with Crippen molar-refractivity contribution in [3.05, 3.63) is 0 Å². The van der Waals surface area contributed by atoms with E-state index in [1.165, 1.54) is 83.5 Å². The van der Waals surface area contributed by atoms with Gasteiger partial charge in [-0.3, -0.25) is 4.52 Å². The van der Waals surface area contributed by atoms with Crippen molar-refractivity contribution in [1.82, 2.24) is 0 Å². The van der Waals surface area contributed by atoms with E-state index < -0.39 is 0 Å². The molecule has 0 saturated heterocycles. The van der Waals surface area contributed by atoms with E-state index >= 15 is 0 Å². The van der Waals surface area contributed by atoms with E-state index in [9.17, 15) is 4.57 Å². The van der Waals surface area contributed by atoms with Gasteiger partial charge in [0.2, 0.25) is 0 Å². The second kappa shape index (κ2) is 22.0. The lowest BCUT2D eigenvalue weighted by atomic mass is 10.0. The highest BCUT2D eigenvalue weighted by Gasteiger charge is 1.95. The Bertz CT molecular complexity index is 230. The molecule has 138 valence electrons. The van der Waals surface area contributed by atoms with Crippen LogP contribution >= 0.6 is 8.69 Å². The van der Waals surface area contributed by atoms with Gasteiger partial charge in [0.15, 0.2) is 0 Å². The van der Waals surface area contributed by atoms with Gasteiger partial charge in [-0.1, -0.05) is 77.0 Å². The van der Waals surface area contributed by atoms with E-state index in [-0.39, 0.29) is 8.69 Å². The van der Waals surface area contributed by atoms with E-state index in [0.29, 0.717) is 19.8 Å². The maximum absolute atomic E-state index is 10.1. The third-order valence-corrected chi connectivity index (χ3v) is 4.38. The van der Waals surface area contributed by atoms with Gasteiger partial charge in [0.05, 0.1) is 13.2 Å². The Kier molecular flexibility index (Phi) is 22.0. The smallest absolute Gasteiger partial charge is 0.327 e. The van der Waals surface area contributed by atoms with Crippen LogP contribution in [0.1, 0.15) is 89.9 Å². The van der Waals surface area contributed by atoms with Crippen molar-refractivity contribution in [1.29, 1.82) is 0 Å². The molecule has 0 heterocycles. The first-order valence-electron chi connectivity index (χ1n) is 9.64. The van der Waals surface area contributed by atoms with Crippen LogP contribution in [0.25, 0.3) is 0 Å². The first kappa shape index (κ1) is 23.0. The molecule has 5 heteroatoms. The van der Waals surface area contributed by atoms with Crippen LogP contribution < -0.4 is 5.73 Å². The van der Waals surface area contributed by atoms with Gasteiger partial charge >= 0.3 is 8.69 Å². The molecule has 0 aromatic carbocycles. The molecular formula is C18H38NO3P. The van der Waals surface area contributed by atoms with Crippen LogP contribution in [0.2, 0.25) is 0 Å². The van der Waals surface area contributed by atoms with Crippen molar-refractivity contribution in [2.45, 2.75) is 89.9 Å². The fraction of sp³-hybridized carbons (Fsp3) is 1.00. The molecule has 0 aromatic heterocycles. The van der Waals surface area contributed by atoms with Crippen molar-refractivity contribution >= 4 is 8.69 Å². The zero-order chi connectivity index (χ0) is 16.8. The minimum Gasteiger partial charge on any atom is -0.380 e. The first-order chi connectivity index (χ1) is 11.4. The van der Waals surface area contributed by atoms with Gasteiger partial charge in [0.25, 0.3) is 0 Å². The molecule has 4 nitrogen and oxygen atoms in total. The van der Waals surface area contributed by atoms with Gasteiger partial charge in [0.1, 0.15) is 0 Å². The van der Waals surface area contributed by atoms with Gasteiger partial charge in [-0.25, -0.2) is 4.57 Å². The Morgan fingerprint density at radius 3 is 1.35 bits per heavy atom. The molecule has 0 amide bonds. The van der Waals surface area contributed by atoms with Gasteiger partial charge in [0, 0.05) is 13.2 Å². The zero-order valence-electron chi connectivity index (χ0n) is 15.0. The van der Waals surface area contributed by atoms with Crippen LogP contribution in [0, 0.1) is 0 Å². The molecular weight excluding hydrogens is 309 g/mol. The molecule has 23 heavy (non-hydrogen) atoms. The van der Waals surface area contributed by atoms with Crippen molar-refractivity contribution in [3.8, 4) is 0 Å². The SMILES string of the molecule is NCCOCCCCCCCCCCCCCCCCOP=O. The van der Waals surface area contributed by atoms with Gasteiger partial charge in [-0.05, 0) is 12.8 Å². The quantitative estimate of drug-likeness (QED) is 0.228. The molecule has 0 aliphatic heterocycles. The number of hydrogen-bond acceptors (Lipinski definition) is 4. The van der Waals surface area contributed by atoms with E-state index in [4.69, 9.17) is 15.0 Å². The van der Waals surface area contributed by atoms with Crippen LogP contribution in [-0.4, -0.2) is 26.4 Å². The molecule has 0 aliphatic carbocycles. The summed E-state index contributed by atoms with van der Waals surface area (Å²) < 4.78 is 20.2. The molecule has 0 aliphatic rings. The fourth-order valence-corrected chi connectivity index (χ4v) is 2.92. The van der Waals surface area contributed by atoms with E-state index in [0.717, 1.165) is 13.0 Å². The van der Waals surface area contributed by atoms with Crippen LogP contribution in [-0.2, 0) is 13.8 Å². The fourth-order valence-electron chi connectivity index (χ4n) is 2.71. The number of nitrogens with two attached hydrogens (primary N) is 1. The normalized spacial score (nSPS) is 11.3. The summed E-state index contributed by atoms with van der Waals surface area (Å²) in [5.74, 6) is 0. The second-order valence-electron chi connectivity index (χ2n) is 6.26. The lowest BCUT2D eigenvalue weighted by Crippen LogP contribution is -2.08. The summed E-state index contributed by atoms with van der Waals surface area (Å²) >= 11 is 0. The molecule has 0 aromatic rings. The second-order valence-corrected chi connectivity index (χ2v) is 6.67. The van der Waals surface area contributed by atoms with Gasteiger partial charge < -0.3 is 10.5 Å². The predicted octanol–water partition coefficient (Wildman–Crippen LogP) is 5.65. The molecule has 0 atom stereocenters. The standard InChI is InChI=1S/C18H38NO3P/c19-15-18-21-16-13-11-9-7-5-3-1-2-4-6-8-10-12-14-17-22-23-20/h1-19H2. The summed E-state index contributed by atoms with van der Waals surface area (Å²) in [7, 11) is -0.180. The number of rotatable bonds is 20. The highest BCUT2D eigenvalue weighted by Crippen LogP contribution is 2.13. The molecule has 0 spiro atoms. The molecule has 0 rings (SSSR count). The van der Waals surface area contributed by atoms with Crippen LogP contribution in [0.3, 0.4) is 0 Å². The van der Waals surface area contributed by atoms with Gasteiger partial charge in [-0.15, -0.1) is 0 Å². The molecule has 0 radical (unpaired) electrons. The van der Waals surface area contributed by atoms with Gasteiger partial charge in [-0.2, -0.15) is 0 Å². The Morgan fingerprint density at radius 2 is 0.957 bits per heavy atom. The summed E-state index contributed by atoms with van der Waals surface area (Å²) in [6, 6.07) is 0. The summed E-state index contributed by atoms with van der Waals surface area (Å²) in [5, 5.41) is 0. The Balaban J connectivity index is 2.93. The first-order valence-corrected chi connectivity index (χ1v) is 10.4. The third kappa shape index (κ3) is 22.0. The summed E-state index contributed by atoms with van der Waals surface area (Å²) in [6.45, 7) is 2.85. The Labute approximate surface area is 145 Å². The monoisotopic (exact) mass is 347 g/mol. The molecule has 0 fully saturated rings. The topological polar surface area (TPSA) is 61.6 Å². The zero-order valence-corrected chi connectivity index (χ0v) is 15.9. The van der Waals surface area contributed by atoms with Crippen molar-refractivity contribution in [2.24, 2.45) is 5.73 Å². The van der Waals surface area contributed by atoms with Crippen LogP contribution in [0.4, 0.5) is 0 Å². The lowest BCUT2D eigenvalue weighted by Gasteiger charge is -2.04. The summed E-state index contributed by atoms with van der Waals surface area (Å²) in [4.78, 5) is 0. The molecule has 0 saturated carbocycles. The molecule has 0 bridgehead atoms. The lowest BCUT2D eigenvalue weighted by molar-refractivity contribution is 0.137. The average molecular weight is 347 g/mol. The predicted molar refractivity (Wildman–Crippen MR) is 98.1 cm³/mol. The largest absolute Gasteiger partial charge is 0.380 e. The minimum atomic E-state index is -0.180. The maximum atomic E-state index is 10.1. The van der Waals surface area contributed by atoms with Crippen molar-refractivity contribution in [3.63, 3.8) is 0 Å². The Hall–Kier alpha value is -0.0200. The Morgan fingerprint density at radius 1 is 0.565 bits per heavy atom. The van der Waals surface area contributed by atoms with Crippen molar-refractivity contribution in [2.75, 3.05) is 26.4 Å². The van der Waals surface area contributed by atoms with Crippen LogP contribution in [0.5, 0.6) is 0 Å². The number of ether oxygens (including phenoxy) is 1. The number of hydrogen-bond donors (Lipinski definition) is 1. The summed E-state index contributed by atoms with van der Waals surface area (Å²) in [5.41, 5.74) is 5.37. The van der Waals surface area contributed by atoms with E-state index in [1.807, 2.05) is 0 Å². The molecule has 2 N–H and O–H groups in total. The van der Waals surface area contributed by atoms with E-state index in [2.05, 4.69) is 0 Å². The average Bonchev–Trinajstić information content (AvgIpc) is 2.57. The minimum absolute atomic E-state index is 0.180. The van der Waals surface area contributed by atoms with Crippen LogP contribution in [0.15, 0.2) is 0 Å².